The maximum absolute atomic E-state index is 12.9. The van der Waals surface area contributed by atoms with E-state index < -0.39 is 23.2 Å². The molecule has 1 aromatic carbocycles. The molecule has 1 amide bonds. The largest absolute Gasteiger partial charge is 0.478 e. The average molecular weight is 238 g/mol. The van der Waals surface area contributed by atoms with Crippen LogP contribution in [0.15, 0.2) is 18.2 Å². The summed E-state index contributed by atoms with van der Waals surface area (Å²) >= 11 is 0. The maximum Gasteiger partial charge on any atom is 0.337 e. The topological polar surface area (TPSA) is 92.4 Å². The maximum atomic E-state index is 12.9. The molecule has 1 aliphatic rings. The molecule has 0 bridgehead atoms. The van der Waals surface area contributed by atoms with Gasteiger partial charge >= 0.3 is 5.97 Å². The van der Waals surface area contributed by atoms with Crippen LogP contribution < -0.4 is 11.1 Å². The fourth-order valence-electron chi connectivity index (χ4n) is 1.41. The lowest BCUT2D eigenvalue weighted by Gasteiger charge is -2.12. The highest BCUT2D eigenvalue weighted by atomic mass is 19.1. The smallest absolute Gasteiger partial charge is 0.337 e. The van der Waals surface area contributed by atoms with Crippen LogP contribution in [0, 0.1) is 5.82 Å². The van der Waals surface area contributed by atoms with Gasteiger partial charge in [0, 0.05) is 0 Å². The van der Waals surface area contributed by atoms with Gasteiger partial charge in [-0.1, -0.05) is 0 Å². The molecule has 2 rings (SSSR count). The predicted octanol–water partition coefficient (Wildman–Crippen LogP) is 0.954. The van der Waals surface area contributed by atoms with Gasteiger partial charge in [-0.3, -0.25) is 4.79 Å². The average Bonchev–Trinajstić information content (AvgIpc) is 3.00. The fourth-order valence-corrected chi connectivity index (χ4v) is 1.41. The highest BCUT2D eigenvalue weighted by Crippen LogP contribution is 2.33. The van der Waals surface area contributed by atoms with E-state index in [0.717, 1.165) is 12.1 Å². The normalized spacial score (nSPS) is 16.4. The Morgan fingerprint density at radius 3 is 2.59 bits per heavy atom. The molecule has 0 unspecified atom stereocenters. The zero-order valence-corrected chi connectivity index (χ0v) is 8.87. The highest BCUT2D eigenvalue weighted by molar-refractivity contribution is 6.04. The Bertz CT molecular complexity index is 497. The molecule has 0 spiro atoms. The number of benzene rings is 1. The molecule has 17 heavy (non-hydrogen) atoms. The third-order valence-electron chi connectivity index (χ3n) is 2.70. The van der Waals surface area contributed by atoms with Gasteiger partial charge in [0.1, 0.15) is 5.82 Å². The lowest BCUT2D eigenvalue weighted by molar-refractivity contribution is -0.118. The van der Waals surface area contributed by atoms with E-state index in [4.69, 9.17) is 10.8 Å². The Morgan fingerprint density at radius 1 is 1.41 bits per heavy atom. The first-order chi connectivity index (χ1) is 7.92. The van der Waals surface area contributed by atoms with Crippen molar-refractivity contribution in [3.8, 4) is 0 Å². The van der Waals surface area contributed by atoms with E-state index in [2.05, 4.69) is 5.32 Å². The van der Waals surface area contributed by atoms with Crippen molar-refractivity contribution in [3.05, 3.63) is 29.6 Å². The number of halogens is 1. The van der Waals surface area contributed by atoms with E-state index in [0.29, 0.717) is 12.8 Å². The molecule has 6 heteroatoms. The standard InChI is InChI=1S/C11H11FN2O3/c12-6-1-2-8(7(5-6)9(15)16)14-10(17)11(13)3-4-11/h1-2,5H,3-4,13H2,(H,14,17)(H,15,16). The van der Waals surface area contributed by atoms with E-state index in [1.165, 1.54) is 6.07 Å². The monoisotopic (exact) mass is 238 g/mol. The number of carbonyl (C=O) groups excluding carboxylic acids is 1. The molecule has 1 fully saturated rings. The Morgan fingerprint density at radius 2 is 2.06 bits per heavy atom. The first kappa shape index (κ1) is 11.5. The molecule has 0 atom stereocenters. The van der Waals surface area contributed by atoms with Crippen molar-refractivity contribution < 1.29 is 19.1 Å². The second kappa shape index (κ2) is 3.81. The van der Waals surface area contributed by atoms with Crippen LogP contribution in [-0.2, 0) is 4.79 Å². The highest BCUT2D eigenvalue weighted by Gasteiger charge is 2.46. The van der Waals surface area contributed by atoms with Gasteiger partial charge in [0.2, 0.25) is 5.91 Å². The van der Waals surface area contributed by atoms with Gasteiger partial charge in [-0.05, 0) is 31.0 Å². The molecule has 5 nitrogen and oxygen atoms in total. The van der Waals surface area contributed by atoms with Crippen molar-refractivity contribution in [2.24, 2.45) is 5.73 Å². The number of nitrogens with two attached hydrogens (primary N) is 1. The van der Waals surface area contributed by atoms with Crippen molar-refractivity contribution in [1.82, 2.24) is 0 Å². The minimum Gasteiger partial charge on any atom is -0.478 e. The van der Waals surface area contributed by atoms with Gasteiger partial charge in [-0.25, -0.2) is 9.18 Å². The molecule has 90 valence electrons. The summed E-state index contributed by atoms with van der Waals surface area (Å²) in [6.45, 7) is 0. The molecule has 0 heterocycles. The number of hydrogen-bond acceptors (Lipinski definition) is 3. The van der Waals surface area contributed by atoms with E-state index in [1.54, 1.807) is 0 Å². The minimum absolute atomic E-state index is 0.0561. The van der Waals surface area contributed by atoms with Crippen molar-refractivity contribution in [1.29, 1.82) is 0 Å². The Hall–Kier alpha value is -1.95. The summed E-state index contributed by atoms with van der Waals surface area (Å²) in [7, 11) is 0. The van der Waals surface area contributed by atoms with Crippen molar-refractivity contribution in [3.63, 3.8) is 0 Å². The van der Waals surface area contributed by atoms with Gasteiger partial charge in [-0.2, -0.15) is 0 Å². The van der Waals surface area contributed by atoms with E-state index in [9.17, 15) is 14.0 Å². The predicted molar refractivity (Wildman–Crippen MR) is 58.1 cm³/mol. The number of anilines is 1. The van der Waals surface area contributed by atoms with Crippen LogP contribution in [0.1, 0.15) is 23.2 Å². The zero-order chi connectivity index (χ0) is 12.6. The number of carbonyl (C=O) groups is 2. The summed E-state index contributed by atoms with van der Waals surface area (Å²) in [6, 6.07) is 3.15. The lowest BCUT2D eigenvalue weighted by atomic mass is 10.1. The molecular formula is C11H11FN2O3. The van der Waals surface area contributed by atoms with Crippen LogP contribution in [0.25, 0.3) is 0 Å². The number of carboxylic acid groups (broad SMARTS) is 1. The fraction of sp³-hybridized carbons (Fsp3) is 0.273. The van der Waals surface area contributed by atoms with Crippen molar-refractivity contribution >= 4 is 17.6 Å². The van der Waals surface area contributed by atoms with E-state index in [-0.39, 0.29) is 11.3 Å². The molecule has 0 aliphatic heterocycles. The SMILES string of the molecule is NC1(C(=O)Nc2ccc(F)cc2C(=O)O)CC1. The summed E-state index contributed by atoms with van der Waals surface area (Å²) in [5, 5.41) is 11.3. The van der Waals surface area contributed by atoms with Crippen LogP contribution >= 0.6 is 0 Å². The molecule has 0 aromatic heterocycles. The van der Waals surface area contributed by atoms with Crippen LogP contribution in [0.2, 0.25) is 0 Å². The Balaban J connectivity index is 2.26. The second-order valence-electron chi connectivity index (χ2n) is 4.11. The summed E-state index contributed by atoms with van der Waals surface area (Å²) in [5.74, 6) is -2.41. The van der Waals surface area contributed by atoms with Gasteiger partial charge in [0.05, 0.1) is 16.8 Å². The van der Waals surface area contributed by atoms with Gasteiger partial charge < -0.3 is 16.2 Å². The van der Waals surface area contributed by atoms with Crippen molar-refractivity contribution in [2.75, 3.05) is 5.32 Å². The molecule has 4 N–H and O–H groups in total. The van der Waals surface area contributed by atoms with Crippen LogP contribution in [0.5, 0.6) is 0 Å². The van der Waals surface area contributed by atoms with E-state index >= 15 is 0 Å². The van der Waals surface area contributed by atoms with Crippen LogP contribution in [-0.4, -0.2) is 22.5 Å². The molecular weight excluding hydrogens is 227 g/mol. The zero-order valence-electron chi connectivity index (χ0n) is 8.87. The van der Waals surface area contributed by atoms with E-state index in [1.807, 2.05) is 0 Å². The number of carboxylic acids is 1. The first-order valence-corrected chi connectivity index (χ1v) is 5.05. The van der Waals surface area contributed by atoms with Crippen LogP contribution in [0.4, 0.5) is 10.1 Å². The lowest BCUT2D eigenvalue weighted by Crippen LogP contribution is -2.38. The molecule has 0 saturated heterocycles. The number of amides is 1. The third-order valence-corrected chi connectivity index (χ3v) is 2.70. The second-order valence-corrected chi connectivity index (χ2v) is 4.11. The summed E-state index contributed by atoms with van der Waals surface area (Å²) in [4.78, 5) is 22.5. The molecule has 1 aromatic rings. The summed E-state index contributed by atoms with van der Waals surface area (Å²) < 4.78 is 12.9. The molecule has 1 aliphatic carbocycles. The van der Waals surface area contributed by atoms with Gasteiger partial charge in [-0.15, -0.1) is 0 Å². The third kappa shape index (κ3) is 2.26. The summed E-state index contributed by atoms with van der Waals surface area (Å²) in [5.41, 5.74) is 4.53. The Labute approximate surface area is 96.4 Å². The number of hydrogen-bond donors (Lipinski definition) is 3. The van der Waals surface area contributed by atoms with Crippen LogP contribution in [0.3, 0.4) is 0 Å². The quantitative estimate of drug-likeness (QED) is 0.731. The molecule has 0 radical (unpaired) electrons. The van der Waals surface area contributed by atoms with Crippen molar-refractivity contribution in [2.45, 2.75) is 18.4 Å². The number of aromatic carboxylic acids is 1. The number of nitrogens with one attached hydrogen (secondary N) is 1. The molecule has 1 saturated carbocycles. The first-order valence-electron chi connectivity index (χ1n) is 5.05. The van der Waals surface area contributed by atoms with Gasteiger partial charge in [0.15, 0.2) is 0 Å². The Kier molecular flexibility index (Phi) is 2.59. The summed E-state index contributed by atoms with van der Waals surface area (Å²) in [6.07, 6.45) is 1.14. The number of rotatable bonds is 3. The van der Waals surface area contributed by atoms with Gasteiger partial charge in [0.25, 0.3) is 0 Å². The minimum atomic E-state index is -1.30.